The number of benzene rings is 2. The van der Waals surface area contributed by atoms with E-state index in [1.807, 2.05) is 42.6 Å². The highest BCUT2D eigenvalue weighted by Gasteiger charge is 2.23. The van der Waals surface area contributed by atoms with Gasteiger partial charge in [-0.15, -0.1) is 0 Å². The van der Waals surface area contributed by atoms with Gasteiger partial charge in [-0.3, -0.25) is 9.78 Å². The normalized spacial score (nSPS) is 16.6. The van der Waals surface area contributed by atoms with Crippen molar-refractivity contribution in [3.8, 4) is 11.3 Å². The number of amides is 1. The van der Waals surface area contributed by atoms with E-state index in [-0.39, 0.29) is 17.0 Å². The molecule has 3 aromatic heterocycles. The first-order valence-electron chi connectivity index (χ1n) is 15.2. The molecule has 1 aliphatic carbocycles. The summed E-state index contributed by atoms with van der Waals surface area (Å²) >= 11 is 5.76. The Hall–Kier alpha value is -4.54. The summed E-state index contributed by atoms with van der Waals surface area (Å²) in [6.07, 6.45) is 8.02. The Morgan fingerprint density at radius 1 is 1.11 bits per heavy atom. The summed E-state index contributed by atoms with van der Waals surface area (Å²) < 4.78 is 7.34. The molecule has 2 aromatic carbocycles. The minimum atomic E-state index is -0.435. The highest BCUT2D eigenvalue weighted by Crippen LogP contribution is 2.32. The van der Waals surface area contributed by atoms with E-state index < -0.39 is 5.91 Å². The van der Waals surface area contributed by atoms with E-state index >= 15 is 0 Å². The number of nitrogens with one attached hydrogen (secondary N) is 3. The maximum absolute atomic E-state index is 12.0. The predicted molar refractivity (Wildman–Crippen MR) is 180 cm³/mol. The van der Waals surface area contributed by atoms with Gasteiger partial charge in [0.25, 0.3) is 5.91 Å². The first-order valence-corrected chi connectivity index (χ1v) is 15.6. The van der Waals surface area contributed by atoms with Gasteiger partial charge in [-0.1, -0.05) is 62.4 Å². The first-order chi connectivity index (χ1) is 21.8. The Balaban J connectivity index is 1.29. The van der Waals surface area contributed by atoms with Crippen LogP contribution in [-0.4, -0.2) is 49.7 Å². The van der Waals surface area contributed by atoms with Gasteiger partial charge in [0.1, 0.15) is 0 Å². The number of halogens is 1. The third kappa shape index (κ3) is 6.62. The molecule has 0 spiro atoms. The van der Waals surface area contributed by atoms with Gasteiger partial charge in [-0.05, 0) is 60.7 Å². The summed E-state index contributed by atoms with van der Waals surface area (Å²) in [5, 5.41) is 16.4. The van der Waals surface area contributed by atoms with Gasteiger partial charge in [0, 0.05) is 48.1 Å². The molecule has 6 rings (SSSR count). The van der Waals surface area contributed by atoms with Crippen molar-refractivity contribution >= 4 is 51.5 Å². The zero-order chi connectivity index (χ0) is 31.5. The summed E-state index contributed by atoms with van der Waals surface area (Å²) in [6.45, 7) is 8.27. The minimum Gasteiger partial charge on any atom is -0.381 e. The third-order valence-corrected chi connectivity index (χ3v) is 8.51. The molecule has 232 valence electrons. The molecule has 0 unspecified atom stereocenters. The van der Waals surface area contributed by atoms with Gasteiger partial charge in [0.2, 0.25) is 11.9 Å². The smallest absolute Gasteiger partial charge is 0.266 e. The predicted octanol–water partition coefficient (Wildman–Crippen LogP) is 7.14. The Labute approximate surface area is 267 Å². The molecule has 1 amide bonds. The number of methoxy groups -OCH3 is 1. The van der Waals surface area contributed by atoms with Crippen LogP contribution in [0.15, 0.2) is 72.5 Å². The van der Waals surface area contributed by atoms with Gasteiger partial charge < -0.3 is 20.7 Å². The van der Waals surface area contributed by atoms with Crippen LogP contribution in [0, 0.1) is 0 Å². The van der Waals surface area contributed by atoms with Crippen LogP contribution in [0.3, 0.4) is 0 Å². The lowest BCUT2D eigenvalue weighted by Crippen LogP contribution is -2.30. The number of aromatic nitrogens is 5. The van der Waals surface area contributed by atoms with Crippen LogP contribution in [-0.2, 0) is 16.1 Å². The first kappa shape index (κ1) is 30.5. The molecule has 3 N–H and O–H groups in total. The van der Waals surface area contributed by atoms with Gasteiger partial charge >= 0.3 is 0 Å². The van der Waals surface area contributed by atoms with Crippen molar-refractivity contribution in [2.24, 2.45) is 0 Å². The van der Waals surface area contributed by atoms with E-state index in [0.717, 1.165) is 64.5 Å². The van der Waals surface area contributed by atoms with Gasteiger partial charge in [0.05, 0.1) is 23.0 Å². The fourth-order valence-electron chi connectivity index (χ4n) is 5.86. The molecule has 0 bridgehead atoms. The average Bonchev–Trinajstić information content (AvgIpc) is 3.48. The number of carbonyl (C=O) groups excluding carboxylic acids is 1. The van der Waals surface area contributed by atoms with Crippen LogP contribution < -0.4 is 16.0 Å². The molecular weight excluding hydrogens is 588 g/mol. The number of anilines is 3. The number of hydrogen-bond donors (Lipinski definition) is 3. The number of nitrogens with zero attached hydrogens (tertiary/aromatic N) is 5. The van der Waals surface area contributed by atoms with Crippen molar-refractivity contribution in [3.63, 3.8) is 0 Å². The van der Waals surface area contributed by atoms with Gasteiger partial charge in [-0.25, -0.2) is 0 Å². The average molecular weight is 625 g/mol. The van der Waals surface area contributed by atoms with Crippen LogP contribution in [0.25, 0.3) is 27.7 Å². The van der Waals surface area contributed by atoms with E-state index in [4.69, 9.17) is 31.3 Å². The summed E-state index contributed by atoms with van der Waals surface area (Å²) in [5.74, 6) is 1.03. The van der Waals surface area contributed by atoms with E-state index in [1.165, 1.54) is 0 Å². The summed E-state index contributed by atoms with van der Waals surface area (Å²) in [5.41, 5.74) is 5.36. The Kier molecular flexibility index (Phi) is 8.95. The van der Waals surface area contributed by atoms with Crippen LogP contribution >= 0.6 is 11.6 Å². The minimum absolute atomic E-state index is 0.0689. The molecule has 1 fully saturated rings. The standard InChI is InChI=1S/C34H37ClN8O2/c1-20(2)29-19-38-43-31(29)41-33(40-24-9-12-26(45-4)13-10-24)42-34(43)37-18-23-7-5-6-8-27(23)30-28-14-11-25(39-32(44)21(3)35)17-22(28)15-16-36-30/h5-8,11,14-17,19-20,24,26H,3,9-10,12-13,18H2,1-2,4H3,(H,39,44)(H2,37,40,41,42). The largest absolute Gasteiger partial charge is 0.381 e. The molecule has 0 atom stereocenters. The number of hydrogen-bond acceptors (Lipinski definition) is 8. The molecule has 5 aromatic rings. The second-order valence-electron chi connectivity index (χ2n) is 11.7. The van der Waals surface area contributed by atoms with Crippen molar-refractivity contribution < 1.29 is 9.53 Å². The lowest BCUT2D eigenvalue weighted by molar-refractivity contribution is -0.112. The van der Waals surface area contributed by atoms with Crippen LogP contribution in [0.4, 0.5) is 17.6 Å². The van der Waals surface area contributed by atoms with E-state index in [9.17, 15) is 4.79 Å². The van der Waals surface area contributed by atoms with E-state index in [0.29, 0.717) is 30.2 Å². The van der Waals surface area contributed by atoms with E-state index in [1.54, 1.807) is 17.8 Å². The SMILES string of the molecule is C=C(Cl)C(=O)Nc1ccc2c(-c3ccccc3CNc3nc(NC4CCC(OC)CC4)nc4c(C(C)C)cnn34)nccc2c1. The fourth-order valence-corrected chi connectivity index (χ4v) is 5.90. The Morgan fingerprint density at radius 2 is 1.91 bits per heavy atom. The molecule has 0 saturated heterocycles. The number of ether oxygens (including phenoxy) is 1. The molecule has 45 heavy (non-hydrogen) atoms. The number of fused-ring (bicyclic) bond motifs is 2. The van der Waals surface area contributed by atoms with Crippen molar-refractivity contribution in [2.75, 3.05) is 23.1 Å². The Bertz CT molecular complexity index is 1860. The molecule has 11 heteroatoms. The zero-order valence-corrected chi connectivity index (χ0v) is 26.4. The summed E-state index contributed by atoms with van der Waals surface area (Å²) in [6, 6.07) is 16.1. The zero-order valence-electron chi connectivity index (χ0n) is 25.7. The Morgan fingerprint density at radius 3 is 2.67 bits per heavy atom. The third-order valence-electron chi connectivity index (χ3n) is 8.34. The molecular formula is C34H37ClN8O2. The maximum atomic E-state index is 12.0. The van der Waals surface area contributed by atoms with Crippen LogP contribution in [0.2, 0.25) is 0 Å². The number of rotatable bonds is 10. The van der Waals surface area contributed by atoms with Crippen molar-refractivity contribution in [3.05, 3.63) is 83.7 Å². The number of carbonyl (C=O) groups is 1. The molecule has 0 aliphatic heterocycles. The van der Waals surface area contributed by atoms with Crippen LogP contribution in [0.1, 0.15) is 56.6 Å². The maximum Gasteiger partial charge on any atom is 0.266 e. The van der Waals surface area contributed by atoms with Crippen molar-refractivity contribution in [2.45, 2.75) is 64.1 Å². The summed E-state index contributed by atoms with van der Waals surface area (Å²) in [4.78, 5) is 26.6. The van der Waals surface area contributed by atoms with Crippen molar-refractivity contribution in [1.82, 2.24) is 24.6 Å². The molecule has 1 aliphatic rings. The number of pyridine rings is 1. The molecule has 3 heterocycles. The molecule has 10 nitrogen and oxygen atoms in total. The highest BCUT2D eigenvalue weighted by atomic mass is 35.5. The molecule has 1 saturated carbocycles. The topological polar surface area (TPSA) is 118 Å². The lowest BCUT2D eigenvalue weighted by atomic mass is 9.93. The fraction of sp³-hybridized carbons (Fsp3) is 0.324. The van der Waals surface area contributed by atoms with E-state index in [2.05, 4.69) is 53.6 Å². The second-order valence-corrected chi connectivity index (χ2v) is 12.1. The second kappa shape index (κ2) is 13.2. The van der Waals surface area contributed by atoms with Gasteiger partial charge in [0.15, 0.2) is 5.65 Å². The van der Waals surface area contributed by atoms with Crippen LogP contribution in [0.5, 0.6) is 0 Å². The lowest BCUT2D eigenvalue weighted by Gasteiger charge is -2.28. The molecule has 0 radical (unpaired) electrons. The quantitative estimate of drug-likeness (QED) is 0.140. The monoisotopic (exact) mass is 624 g/mol. The summed E-state index contributed by atoms with van der Waals surface area (Å²) in [7, 11) is 1.79. The highest BCUT2D eigenvalue weighted by molar-refractivity contribution is 6.43. The van der Waals surface area contributed by atoms with Crippen molar-refractivity contribution in [1.29, 1.82) is 0 Å². The van der Waals surface area contributed by atoms with Gasteiger partial charge in [-0.2, -0.15) is 19.6 Å².